The molecule has 0 atom stereocenters. The number of fused-ring (bicyclic) bond motifs is 1. The van der Waals surface area contributed by atoms with Crippen molar-refractivity contribution >= 4 is 23.3 Å². The molecule has 4 heteroatoms. The summed E-state index contributed by atoms with van der Waals surface area (Å²) >= 11 is 5.36. The number of H-pyrrole nitrogens is 1. The van der Waals surface area contributed by atoms with Crippen LogP contribution in [0, 0.1) is 10.6 Å². The standard InChI is InChI=1S/C13H15FN2S/c14-9-6-7-11-12(8-9)16(13(17)15-11)10-4-2-1-3-5-10/h6-8,10H,1-5H2,(H,15,17). The van der Waals surface area contributed by atoms with Gasteiger partial charge in [0.2, 0.25) is 0 Å². The largest absolute Gasteiger partial charge is 0.331 e. The fraction of sp³-hybridized carbons (Fsp3) is 0.462. The fourth-order valence-corrected chi connectivity index (χ4v) is 3.15. The third kappa shape index (κ3) is 1.90. The van der Waals surface area contributed by atoms with Crippen molar-refractivity contribution in [3.8, 4) is 0 Å². The molecule has 1 aromatic carbocycles. The zero-order valence-electron chi connectivity index (χ0n) is 9.58. The zero-order chi connectivity index (χ0) is 11.8. The van der Waals surface area contributed by atoms with Crippen molar-refractivity contribution in [2.45, 2.75) is 38.1 Å². The molecule has 1 aliphatic rings. The van der Waals surface area contributed by atoms with Gasteiger partial charge in [0.25, 0.3) is 0 Å². The number of rotatable bonds is 1. The SMILES string of the molecule is Fc1ccc2[nH]c(=S)n(C3CCCCC3)c2c1. The Bertz CT molecular complexity index is 593. The monoisotopic (exact) mass is 250 g/mol. The summed E-state index contributed by atoms with van der Waals surface area (Å²) in [5, 5.41) is 0. The van der Waals surface area contributed by atoms with Gasteiger partial charge >= 0.3 is 0 Å². The van der Waals surface area contributed by atoms with Crippen LogP contribution < -0.4 is 0 Å². The first-order chi connectivity index (χ1) is 8.25. The van der Waals surface area contributed by atoms with E-state index in [1.54, 1.807) is 12.1 Å². The molecule has 1 aliphatic carbocycles. The van der Waals surface area contributed by atoms with Crippen LogP contribution in [-0.4, -0.2) is 9.55 Å². The van der Waals surface area contributed by atoms with Gasteiger partial charge in [-0.3, -0.25) is 0 Å². The van der Waals surface area contributed by atoms with Crippen LogP contribution in [0.5, 0.6) is 0 Å². The number of aromatic nitrogens is 2. The molecule has 2 aromatic rings. The van der Waals surface area contributed by atoms with E-state index < -0.39 is 0 Å². The summed E-state index contributed by atoms with van der Waals surface area (Å²) in [7, 11) is 0. The number of nitrogens with zero attached hydrogens (tertiary/aromatic N) is 1. The molecule has 0 spiro atoms. The van der Waals surface area contributed by atoms with Crippen molar-refractivity contribution in [1.82, 2.24) is 9.55 Å². The van der Waals surface area contributed by atoms with Crippen LogP contribution in [0.25, 0.3) is 11.0 Å². The summed E-state index contributed by atoms with van der Waals surface area (Å²) in [5.41, 5.74) is 1.84. The van der Waals surface area contributed by atoms with Gasteiger partial charge in [-0.25, -0.2) is 4.39 Å². The van der Waals surface area contributed by atoms with E-state index >= 15 is 0 Å². The third-order valence-electron chi connectivity index (χ3n) is 3.62. The number of aromatic amines is 1. The predicted molar refractivity (Wildman–Crippen MR) is 69.2 cm³/mol. The molecule has 17 heavy (non-hydrogen) atoms. The molecule has 90 valence electrons. The quantitative estimate of drug-likeness (QED) is 0.746. The normalized spacial score (nSPS) is 17.7. The minimum atomic E-state index is -0.198. The lowest BCUT2D eigenvalue weighted by Gasteiger charge is -2.23. The Morgan fingerprint density at radius 3 is 2.76 bits per heavy atom. The van der Waals surface area contributed by atoms with E-state index in [0.29, 0.717) is 6.04 Å². The molecule has 0 saturated heterocycles. The van der Waals surface area contributed by atoms with Crippen LogP contribution in [0.4, 0.5) is 4.39 Å². The maximum absolute atomic E-state index is 13.3. The van der Waals surface area contributed by atoms with E-state index in [0.717, 1.165) is 28.6 Å². The number of nitrogens with one attached hydrogen (secondary N) is 1. The molecular weight excluding hydrogens is 235 g/mol. The number of imidazole rings is 1. The Balaban J connectivity index is 2.16. The number of hydrogen-bond donors (Lipinski definition) is 1. The van der Waals surface area contributed by atoms with E-state index in [-0.39, 0.29) is 5.82 Å². The smallest absolute Gasteiger partial charge is 0.178 e. The highest BCUT2D eigenvalue weighted by Crippen LogP contribution is 2.31. The maximum Gasteiger partial charge on any atom is 0.178 e. The summed E-state index contributed by atoms with van der Waals surface area (Å²) in [4.78, 5) is 3.16. The van der Waals surface area contributed by atoms with Crippen LogP contribution in [-0.2, 0) is 0 Å². The topological polar surface area (TPSA) is 20.7 Å². The Hall–Kier alpha value is -1.16. The van der Waals surface area contributed by atoms with Gasteiger partial charge in [-0.1, -0.05) is 19.3 Å². The first kappa shape index (κ1) is 11.0. The van der Waals surface area contributed by atoms with Crippen LogP contribution in [0.1, 0.15) is 38.1 Å². The molecular formula is C13H15FN2S. The van der Waals surface area contributed by atoms with Crippen LogP contribution in [0.15, 0.2) is 18.2 Å². The molecule has 0 amide bonds. The van der Waals surface area contributed by atoms with Gasteiger partial charge in [0, 0.05) is 6.04 Å². The van der Waals surface area contributed by atoms with E-state index in [1.165, 1.54) is 25.3 Å². The lowest BCUT2D eigenvalue weighted by molar-refractivity contribution is 0.357. The molecule has 0 unspecified atom stereocenters. The average molecular weight is 250 g/mol. The van der Waals surface area contributed by atoms with Gasteiger partial charge < -0.3 is 9.55 Å². The van der Waals surface area contributed by atoms with Gasteiger partial charge in [0.1, 0.15) is 5.82 Å². The minimum absolute atomic E-state index is 0.198. The van der Waals surface area contributed by atoms with Crippen LogP contribution >= 0.6 is 12.2 Å². The van der Waals surface area contributed by atoms with Crippen LogP contribution in [0.2, 0.25) is 0 Å². The summed E-state index contributed by atoms with van der Waals surface area (Å²) in [5.74, 6) is -0.198. The molecule has 0 aliphatic heterocycles. The van der Waals surface area contributed by atoms with Crippen molar-refractivity contribution in [2.24, 2.45) is 0 Å². The summed E-state index contributed by atoms with van der Waals surface area (Å²) in [6.45, 7) is 0. The molecule has 1 saturated carbocycles. The van der Waals surface area contributed by atoms with Crippen LogP contribution in [0.3, 0.4) is 0 Å². The summed E-state index contributed by atoms with van der Waals surface area (Å²) in [6, 6.07) is 5.25. The summed E-state index contributed by atoms with van der Waals surface area (Å²) < 4.78 is 16.2. The van der Waals surface area contributed by atoms with Crippen molar-refractivity contribution in [3.05, 3.63) is 28.8 Å². The minimum Gasteiger partial charge on any atom is -0.331 e. The highest BCUT2D eigenvalue weighted by molar-refractivity contribution is 7.71. The van der Waals surface area contributed by atoms with Crippen molar-refractivity contribution in [1.29, 1.82) is 0 Å². The molecule has 1 heterocycles. The average Bonchev–Trinajstić information content (AvgIpc) is 2.65. The lowest BCUT2D eigenvalue weighted by Crippen LogP contribution is -2.12. The first-order valence-electron chi connectivity index (χ1n) is 6.15. The first-order valence-corrected chi connectivity index (χ1v) is 6.56. The Morgan fingerprint density at radius 1 is 1.24 bits per heavy atom. The number of halogens is 1. The summed E-state index contributed by atoms with van der Waals surface area (Å²) in [6.07, 6.45) is 6.10. The highest BCUT2D eigenvalue weighted by atomic mass is 32.1. The van der Waals surface area contributed by atoms with E-state index in [1.807, 2.05) is 0 Å². The predicted octanol–water partition coefficient (Wildman–Crippen LogP) is 4.34. The van der Waals surface area contributed by atoms with Gasteiger partial charge in [0.05, 0.1) is 11.0 Å². The molecule has 0 bridgehead atoms. The molecule has 1 aromatic heterocycles. The van der Waals surface area contributed by atoms with E-state index in [4.69, 9.17) is 12.2 Å². The lowest BCUT2D eigenvalue weighted by atomic mass is 9.95. The third-order valence-corrected chi connectivity index (χ3v) is 3.92. The highest BCUT2D eigenvalue weighted by Gasteiger charge is 2.18. The fourth-order valence-electron chi connectivity index (χ4n) is 2.80. The Morgan fingerprint density at radius 2 is 2.00 bits per heavy atom. The van der Waals surface area contributed by atoms with Crippen molar-refractivity contribution in [3.63, 3.8) is 0 Å². The van der Waals surface area contributed by atoms with Gasteiger partial charge in [0.15, 0.2) is 4.77 Å². The molecule has 3 rings (SSSR count). The molecule has 1 fully saturated rings. The molecule has 1 N–H and O–H groups in total. The van der Waals surface area contributed by atoms with E-state index in [2.05, 4.69) is 9.55 Å². The van der Waals surface area contributed by atoms with Gasteiger partial charge in [-0.05, 0) is 43.3 Å². The van der Waals surface area contributed by atoms with E-state index in [9.17, 15) is 4.39 Å². The molecule has 0 radical (unpaired) electrons. The Labute approximate surface area is 104 Å². The Kier molecular flexibility index (Phi) is 2.74. The second-order valence-corrected chi connectivity index (χ2v) is 5.14. The van der Waals surface area contributed by atoms with Gasteiger partial charge in [-0.2, -0.15) is 0 Å². The number of benzene rings is 1. The molecule has 2 nitrogen and oxygen atoms in total. The number of hydrogen-bond acceptors (Lipinski definition) is 1. The second-order valence-electron chi connectivity index (χ2n) is 4.75. The second kappa shape index (κ2) is 4.26. The zero-order valence-corrected chi connectivity index (χ0v) is 10.4. The van der Waals surface area contributed by atoms with Gasteiger partial charge in [-0.15, -0.1) is 0 Å². The van der Waals surface area contributed by atoms with Crippen molar-refractivity contribution in [2.75, 3.05) is 0 Å². The van der Waals surface area contributed by atoms with Crippen molar-refractivity contribution < 1.29 is 4.39 Å². The maximum atomic E-state index is 13.3.